The number of hydrogen-bond donors (Lipinski definition) is 1. The van der Waals surface area contributed by atoms with Crippen LogP contribution in [0.5, 0.6) is 17.2 Å². The van der Waals surface area contributed by atoms with Gasteiger partial charge in [0.2, 0.25) is 0 Å². The molecule has 0 radical (unpaired) electrons. The molecule has 0 bridgehead atoms. The first-order chi connectivity index (χ1) is 16.1. The van der Waals surface area contributed by atoms with E-state index in [0.29, 0.717) is 24.5 Å². The summed E-state index contributed by atoms with van der Waals surface area (Å²) in [5.74, 6) is 2.36. The highest BCUT2D eigenvalue weighted by molar-refractivity contribution is 7.10. The Balaban J connectivity index is 1.64. The van der Waals surface area contributed by atoms with Crippen LogP contribution in [0.2, 0.25) is 0 Å². The third-order valence-corrected chi connectivity index (χ3v) is 7.45. The molecule has 2 aliphatic rings. The molecule has 0 unspecified atom stereocenters. The molecular weight excluding hydrogens is 434 g/mol. The van der Waals surface area contributed by atoms with Crippen molar-refractivity contribution in [1.82, 2.24) is 0 Å². The van der Waals surface area contributed by atoms with Crippen molar-refractivity contribution >= 4 is 22.8 Å². The van der Waals surface area contributed by atoms with Crippen LogP contribution in [0.4, 0.5) is 5.69 Å². The molecule has 0 saturated heterocycles. The van der Waals surface area contributed by atoms with Crippen LogP contribution in [0.25, 0.3) is 0 Å². The van der Waals surface area contributed by atoms with Crippen LogP contribution in [0.3, 0.4) is 0 Å². The lowest BCUT2D eigenvalue weighted by molar-refractivity contribution is -0.116. The first-order valence-electron chi connectivity index (χ1n) is 11.2. The van der Waals surface area contributed by atoms with E-state index in [1.54, 1.807) is 25.6 Å². The summed E-state index contributed by atoms with van der Waals surface area (Å²) in [5.41, 5.74) is 4.88. The molecule has 170 valence electrons. The van der Waals surface area contributed by atoms with Gasteiger partial charge in [-0.1, -0.05) is 18.2 Å². The molecule has 33 heavy (non-hydrogen) atoms. The second-order valence-electron chi connectivity index (χ2n) is 8.29. The molecule has 2 aromatic carbocycles. The van der Waals surface area contributed by atoms with E-state index in [1.807, 2.05) is 31.2 Å². The lowest BCUT2D eigenvalue weighted by atomic mass is 9.73. The highest BCUT2D eigenvalue weighted by atomic mass is 32.1. The minimum atomic E-state index is -0.177. The number of hydrogen-bond acceptors (Lipinski definition) is 6. The fraction of sp³-hybridized carbons (Fsp3) is 0.296. The molecule has 6 heteroatoms. The number of anilines is 1. The number of methoxy groups -OCH3 is 2. The Morgan fingerprint density at radius 2 is 1.79 bits per heavy atom. The van der Waals surface area contributed by atoms with Gasteiger partial charge in [0.15, 0.2) is 17.3 Å². The molecule has 1 aliphatic carbocycles. The van der Waals surface area contributed by atoms with E-state index in [-0.39, 0.29) is 17.6 Å². The van der Waals surface area contributed by atoms with E-state index in [4.69, 9.17) is 14.2 Å². The summed E-state index contributed by atoms with van der Waals surface area (Å²) in [6, 6.07) is 16.2. The van der Waals surface area contributed by atoms with Gasteiger partial charge in [-0.25, -0.2) is 0 Å². The normalized spacial score (nSPS) is 19.4. The van der Waals surface area contributed by atoms with Gasteiger partial charge in [0.05, 0.1) is 20.8 Å². The average Bonchev–Trinajstić information content (AvgIpc) is 3.38. The van der Waals surface area contributed by atoms with Crippen LogP contribution < -0.4 is 19.5 Å². The molecule has 0 fully saturated rings. The maximum atomic E-state index is 13.6. The predicted octanol–water partition coefficient (Wildman–Crippen LogP) is 6.12. The molecule has 2 atom stereocenters. The van der Waals surface area contributed by atoms with Crippen molar-refractivity contribution in [3.05, 3.63) is 81.2 Å². The summed E-state index contributed by atoms with van der Waals surface area (Å²) in [5, 5.41) is 5.66. The number of Topliss-reactive ketones (excluding diaryl/α,β-unsaturated/α-hetero) is 1. The minimum Gasteiger partial charge on any atom is -0.494 e. The third kappa shape index (κ3) is 3.89. The van der Waals surface area contributed by atoms with Gasteiger partial charge in [0.25, 0.3) is 0 Å². The van der Waals surface area contributed by atoms with E-state index >= 15 is 0 Å². The third-order valence-electron chi connectivity index (χ3n) is 6.42. The molecule has 0 spiro atoms. The zero-order valence-electron chi connectivity index (χ0n) is 19.0. The predicted molar refractivity (Wildman–Crippen MR) is 131 cm³/mol. The standard InChI is InChI=1S/C27H27NO4S/c1-4-32-18-9-7-16(8-10-18)26-19-14-23(30-2)24(31-3)15-20(19)28-21-12-17(13-22(29)27(21)26)25-6-5-11-33-25/h5-11,14-15,17,26,28H,4,12-13H2,1-3H3/t17-,26-/m1/s1. The Morgan fingerprint density at radius 1 is 1.03 bits per heavy atom. The van der Waals surface area contributed by atoms with Crippen LogP contribution in [-0.4, -0.2) is 26.6 Å². The fourth-order valence-electron chi connectivity index (χ4n) is 4.94. The maximum Gasteiger partial charge on any atom is 0.162 e. The van der Waals surface area contributed by atoms with Crippen molar-refractivity contribution in [2.24, 2.45) is 0 Å². The Morgan fingerprint density at radius 3 is 2.45 bits per heavy atom. The minimum absolute atomic E-state index is 0.177. The lowest BCUT2D eigenvalue weighted by Crippen LogP contribution is -2.29. The molecule has 0 amide bonds. The fourth-order valence-corrected chi connectivity index (χ4v) is 5.77. The van der Waals surface area contributed by atoms with Crippen LogP contribution in [0.1, 0.15) is 47.6 Å². The Bertz CT molecular complexity index is 1200. The number of fused-ring (bicyclic) bond motifs is 1. The van der Waals surface area contributed by atoms with Crippen LogP contribution in [0, 0.1) is 0 Å². The van der Waals surface area contributed by atoms with Crippen LogP contribution >= 0.6 is 11.3 Å². The molecule has 0 saturated carbocycles. The van der Waals surface area contributed by atoms with Crippen molar-refractivity contribution < 1.29 is 19.0 Å². The first-order valence-corrected chi connectivity index (χ1v) is 12.1. The molecule has 1 N–H and O–H groups in total. The van der Waals surface area contributed by atoms with Gasteiger partial charge < -0.3 is 19.5 Å². The second-order valence-corrected chi connectivity index (χ2v) is 9.27. The summed E-state index contributed by atoms with van der Waals surface area (Å²) in [6.45, 7) is 2.59. The average molecular weight is 462 g/mol. The van der Waals surface area contributed by atoms with Gasteiger partial charge in [-0.3, -0.25) is 4.79 Å². The highest BCUT2D eigenvalue weighted by Crippen LogP contribution is 2.50. The first kappa shape index (κ1) is 21.6. The number of thiophene rings is 1. The van der Waals surface area contributed by atoms with Crippen molar-refractivity contribution in [2.75, 3.05) is 26.1 Å². The SMILES string of the molecule is CCOc1ccc([C@H]2C3=C(C[C@@H](c4cccs4)CC3=O)Nc3cc(OC)c(OC)cc32)cc1. The van der Waals surface area contributed by atoms with Crippen LogP contribution in [0.15, 0.2) is 65.2 Å². The molecule has 1 aliphatic heterocycles. The summed E-state index contributed by atoms with van der Waals surface area (Å²) in [6.07, 6.45) is 1.33. The van der Waals surface area contributed by atoms with Crippen LogP contribution in [-0.2, 0) is 4.79 Å². The number of ketones is 1. The number of allylic oxidation sites excluding steroid dienone is 2. The Kier molecular flexibility index (Phi) is 5.85. The van der Waals surface area contributed by atoms with Gasteiger partial charge in [0.1, 0.15) is 5.75 Å². The Labute approximate surface area is 198 Å². The number of rotatable bonds is 6. The van der Waals surface area contributed by atoms with E-state index < -0.39 is 0 Å². The van der Waals surface area contributed by atoms with Gasteiger partial charge >= 0.3 is 0 Å². The number of ether oxygens (including phenoxy) is 3. The van der Waals surface area contributed by atoms with Gasteiger partial charge in [-0.05, 0) is 54.1 Å². The van der Waals surface area contributed by atoms with E-state index in [2.05, 4.69) is 35.0 Å². The molecule has 5 rings (SSSR count). The quantitative estimate of drug-likeness (QED) is 0.479. The van der Waals surface area contributed by atoms with Crippen molar-refractivity contribution in [1.29, 1.82) is 0 Å². The summed E-state index contributed by atoms with van der Waals surface area (Å²) in [4.78, 5) is 14.9. The topological polar surface area (TPSA) is 56.8 Å². The highest BCUT2D eigenvalue weighted by Gasteiger charge is 2.39. The smallest absolute Gasteiger partial charge is 0.162 e. The summed E-state index contributed by atoms with van der Waals surface area (Å²) < 4.78 is 16.8. The number of nitrogens with one attached hydrogen (secondary N) is 1. The zero-order chi connectivity index (χ0) is 22.9. The maximum absolute atomic E-state index is 13.6. The van der Waals surface area contributed by atoms with Crippen molar-refractivity contribution in [3.8, 4) is 17.2 Å². The largest absolute Gasteiger partial charge is 0.494 e. The second kappa shape index (κ2) is 8.94. The molecule has 5 nitrogen and oxygen atoms in total. The zero-order valence-corrected chi connectivity index (χ0v) is 19.8. The van der Waals surface area contributed by atoms with E-state index in [0.717, 1.165) is 40.3 Å². The summed E-state index contributed by atoms with van der Waals surface area (Å²) >= 11 is 1.72. The molecular formula is C27H27NO4S. The van der Waals surface area contributed by atoms with Gasteiger partial charge in [-0.2, -0.15) is 0 Å². The molecule has 2 heterocycles. The van der Waals surface area contributed by atoms with Crippen molar-refractivity contribution in [3.63, 3.8) is 0 Å². The summed E-state index contributed by atoms with van der Waals surface area (Å²) in [7, 11) is 3.27. The number of carbonyl (C=O) groups excluding carboxylic acids is 1. The Hall–Kier alpha value is -3.25. The molecule has 1 aromatic heterocycles. The van der Waals surface area contributed by atoms with E-state index in [1.165, 1.54) is 4.88 Å². The lowest BCUT2D eigenvalue weighted by Gasteiger charge is -2.36. The molecule has 3 aromatic rings. The van der Waals surface area contributed by atoms with Gasteiger partial charge in [0, 0.05) is 46.2 Å². The number of benzene rings is 2. The van der Waals surface area contributed by atoms with Gasteiger partial charge in [-0.15, -0.1) is 11.3 Å². The van der Waals surface area contributed by atoms with Crippen molar-refractivity contribution in [2.45, 2.75) is 31.6 Å². The number of carbonyl (C=O) groups is 1. The van der Waals surface area contributed by atoms with E-state index in [9.17, 15) is 4.79 Å². The monoisotopic (exact) mass is 461 g/mol.